The lowest BCUT2D eigenvalue weighted by Crippen LogP contribution is -2.22. The summed E-state index contributed by atoms with van der Waals surface area (Å²) in [4.78, 5) is 4.25. The summed E-state index contributed by atoms with van der Waals surface area (Å²) in [6, 6.07) is 10.2. The second kappa shape index (κ2) is 7.69. The maximum atomic E-state index is 9.27. The molecule has 1 fully saturated rings. The Labute approximate surface area is 142 Å². The largest absolute Gasteiger partial charge is 0.496 e. The van der Waals surface area contributed by atoms with E-state index < -0.39 is 0 Å². The fraction of sp³-hybridized carbons (Fsp3) is 0.368. The van der Waals surface area contributed by atoms with Crippen LogP contribution in [-0.4, -0.2) is 18.1 Å². The number of ether oxygens (including phenoxy) is 1. The Morgan fingerprint density at radius 1 is 1.25 bits per heavy atom. The molecule has 0 atom stereocenters. The predicted molar refractivity (Wildman–Crippen MR) is 93.6 cm³/mol. The van der Waals surface area contributed by atoms with Crippen molar-refractivity contribution >= 4 is 18.0 Å². The molecule has 1 aliphatic carbocycles. The number of rotatable bonds is 5. The van der Waals surface area contributed by atoms with Crippen LogP contribution in [0, 0.1) is 11.3 Å². The van der Waals surface area contributed by atoms with Gasteiger partial charge in [0.05, 0.1) is 7.11 Å². The average molecular weight is 323 g/mol. The molecule has 24 heavy (non-hydrogen) atoms. The fourth-order valence-electron chi connectivity index (χ4n) is 2.98. The van der Waals surface area contributed by atoms with Crippen LogP contribution in [-0.2, 0) is 0 Å². The van der Waals surface area contributed by atoms with Gasteiger partial charge >= 0.3 is 0 Å². The molecule has 3 rings (SSSR count). The zero-order valence-corrected chi connectivity index (χ0v) is 13.8. The Kier molecular flexibility index (Phi) is 5.17. The molecule has 0 amide bonds. The maximum absolute atomic E-state index is 9.27. The SMILES string of the molecule is COc1ccccc1/C=C/c1nc(C#N)c(NC2CCCCC2)o1. The third-order valence-electron chi connectivity index (χ3n) is 4.23. The van der Waals surface area contributed by atoms with Gasteiger partial charge in [-0.25, -0.2) is 0 Å². The van der Waals surface area contributed by atoms with Crippen LogP contribution in [0.4, 0.5) is 5.88 Å². The number of nitrogens with one attached hydrogen (secondary N) is 1. The summed E-state index contributed by atoms with van der Waals surface area (Å²) in [5.41, 5.74) is 1.23. The Bertz CT molecular complexity index is 752. The van der Waals surface area contributed by atoms with E-state index in [1.165, 1.54) is 19.3 Å². The van der Waals surface area contributed by atoms with Gasteiger partial charge in [-0.2, -0.15) is 10.2 Å². The summed E-state index contributed by atoms with van der Waals surface area (Å²) in [7, 11) is 1.64. The highest BCUT2D eigenvalue weighted by molar-refractivity contribution is 5.70. The molecule has 2 aromatic rings. The fourth-order valence-corrected chi connectivity index (χ4v) is 2.98. The van der Waals surface area contributed by atoms with Crippen LogP contribution in [0.15, 0.2) is 28.7 Å². The molecule has 124 valence electrons. The number of hydrogen-bond acceptors (Lipinski definition) is 5. The number of nitrogens with zero attached hydrogens (tertiary/aromatic N) is 2. The highest BCUT2D eigenvalue weighted by atomic mass is 16.5. The first-order valence-electron chi connectivity index (χ1n) is 8.28. The van der Waals surface area contributed by atoms with Crippen molar-refractivity contribution in [2.75, 3.05) is 12.4 Å². The van der Waals surface area contributed by atoms with Gasteiger partial charge in [-0.15, -0.1) is 0 Å². The molecule has 0 bridgehead atoms. The molecule has 1 heterocycles. The molecule has 1 saturated carbocycles. The third kappa shape index (κ3) is 3.77. The molecule has 0 unspecified atom stereocenters. The minimum atomic E-state index is 0.306. The van der Waals surface area contributed by atoms with Crippen molar-refractivity contribution in [3.8, 4) is 11.8 Å². The van der Waals surface area contributed by atoms with E-state index in [1.54, 1.807) is 13.2 Å². The lowest BCUT2D eigenvalue weighted by atomic mass is 9.95. The molecule has 0 spiro atoms. The van der Waals surface area contributed by atoms with Gasteiger partial charge in [-0.1, -0.05) is 37.5 Å². The first-order valence-corrected chi connectivity index (χ1v) is 8.28. The summed E-state index contributed by atoms with van der Waals surface area (Å²) in [6.45, 7) is 0. The molecule has 5 nitrogen and oxygen atoms in total. The standard InChI is InChI=1S/C19H21N3O2/c1-23-17-10-6-5-7-14(17)11-12-18-22-16(13-20)19(24-18)21-15-8-3-2-4-9-15/h5-7,10-12,15,21H,2-4,8-9H2,1H3/b12-11+. The van der Waals surface area contributed by atoms with Gasteiger partial charge in [0.1, 0.15) is 11.8 Å². The number of para-hydroxylation sites is 1. The first-order chi connectivity index (χ1) is 11.8. The Morgan fingerprint density at radius 2 is 2.04 bits per heavy atom. The second-order valence-corrected chi connectivity index (χ2v) is 5.90. The number of methoxy groups -OCH3 is 1. The van der Waals surface area contributed by atoms with E-state index in [1.807, 2.05) is 30.3 Å². The van der Waals surface area contributed by atoms with E-state index in [2.05, 4.69) is 16.4 Å². The van der Waals surface area contributed by atoms with Crippen LogP contribution in [0.3, 0.4) is 0 Å². The monoisotopic (exact) mass is 323 g/mol. The molecular formula is C19H21N3O2. The predicted octanol–water partition coefficient (Wildman–Crippen LogP) is 4.47. The first kappa shape index (κ1) is 16.1. The normalized spacial score (nSPS) is 15.3. The summed E-state index contributed by atoms with van der Waals surface area (Å²) >= 11 is 0. The molecule has 0 radical (unpaired) electrons. The number of aromatic nitrogens is 1. The van der Waals surface area contributed by atoms with Crippen LogP contribution >= 0.6 is 0 Å². The number of anilines is 1. The molecule has 0 aliphatic heterocycles. The molecule has 0 saturated heterocycles. The molecule has 1 aliphatic rings. The van der Waals surface area contributed by atoms with E-state index in [4.69, 9.17) is 9.15 Å². The Hall–Kier alpha value is -2.74. The lowest BCUT2D eigenvalue weighted by molar-refractivity contribution is 0.414. The molecule has 5 heteroatoms. The van der Waals surface area contributed by atoms with Crippen molar-refractivity contribution in [3.05, 3.63) is 41.4 Å². The van der Waals surface area contributed by atoms with Gasteiger partial charge in [-0.05, 0) is 25.0 Å². The van der Waals surface area contributed by atoms with E-state index in [-0.39, 0.29) is 0 Å². The van der Waals surface area contributed by atoms with Gasteiger partial charge < -0.3 is 14.5 Å². The zero-order chi connectivity index (χ0) is 16.8. The number of nitriles is 1. The highest BCUT2D eigenvalue weighted by Crippen LogP contribution is 2.26. The highest BCUT2D eigenvalue weighted by Gasteiger charge is 2.18. The minimum Gasteiger partial charge on any atom is -0.496 e. The van der Waals surface area contributed by atoms with Crippen LogP contribution in [0.2, 0.25) is 0 Å². The maximum Gasteiger partial charge on any atom is 0.232 e. The average Bonchev–Trinajstić information content (AvgIpc) is 3.03. The molecular weight excluding hydrogens is 302 g/mol. The lowest BCUT2D eigenvalue weighted by Gasteiger charge is -2.22. The smallest absolute Gasteiger partial charge is 0.232 e. The van der Waals surface area contributed by atoms with Crippen LogP contribution in [0.1, 0.15) is 49.3 Å². The van der Waals surface area contributed by atoms with Crippen molar-refractivity contribution in [1.29, 1.82) is 5.26 Å². The Balaban J connectivity index is 1.77. The third-order valence-corrected chi connectivity index (χ3v) is 4.23. The summed E-state index contributed by atoms with van der Waals surface area (Å²) in [5.74, 6) is 1.67. The van der Waals surface area contributed by atoms with Gasteiger partial charge in [0.25, 0.3) is 0 Å². The second-order valence-electron chi connectivity index (χ2n) is 5.90. The zero-order valence-electron chi connectivity index (χ0n) is 13.8. The molecule has 1 aromatic heterocycles. The van der Waals surface area contributed by atoms with E-state index in [0.717, 1.165) is 24.2 Å². The number of benzene rings is 1. The molecule has 1 N–H and O–H groups in total. The number of hydrogen-bond donors (Lipinski definition) is 1. The van der Waals surface area contributed by atoms with Crippen molar-refractivity contribution < 1.29 is 9.15 Å². The van der Waals surface area contributed by atoms with Gasteiger partial charge in [0, 0.05) is 17.7 Å². The van der Waals surface area contributed by atoms with Gasteiger partial charge in [-0.3, -0.25) is 0 Å². The van der Waals surface area contributed by atoms with Crippen molar-refractivity contribution in [1.82, 2.24) is 4.98 Å². The van der Waals surface area contributed by atoms with Crippen LogP contribution in [0.5, 0.6) is 5.75 Å². The van der Waals surface area contributed by atoms with Crippen LogP contribution in [0.25, 0.3) is 12.2 Å². The summed E-state index contributed by atoms with van der Waals surface area (Å²) < 4.78 is 11.0. The topological polar surface area (TPSA) is 71.1 Å². The quantitative estimate of drug-likeness (QED) is 0.879. The molecule has 1 aromatic carbocycles. The number of oxazole rings is 1. The van der Waals surface area contributed by atoms with E-state index in [0.29, 0.717) is 23.5 Å². The minimum absolute atomic E-state index is 0.306. The summed E-state index contributed by atoms with van der Waals surface area (Å²) in [5, 5.41) is 12.6. The van der Waals surface area contributed by atoms with Crippen molar-refractivity contribution in [3.63, 3.8) is 0 Å². The van der Waals surface area contributed by atoms with Crippen molar-refractivity contribution in [2.24, 2.45) is 0 Å². The van der Waals surface area contributed by atoms with E-state index >= 15 is 0 Å². The van der Waals surface area contributed by atoms with Crippen LogP contribution < -0.4 is 10.1 Å². The summed E-state index contributed by atoms with van der Waals surface area (Å²) in [6.07, 6.45) is 9.56. The van der Waals surface area contributed by atoms with E-state index in [9.17, 15) is 5.26 Å². The Morgan fingerprint density at radius 3 is 2.79 bits per heavy atom. The van der Waals surface area contributed by atoms with Crippen molar-refractivity contribution in [2.45, 2.75) is 38.1 Å². The van der Waals surface area contributed by atoms with Gasteiger partial charge in [0.15, 0.2) is 0 Å². The van der Waals surface area contributed by atoms with Gasteiger partial charge in [0.2, 0.25) is 17.5 Å².